The summed E-state index contributed by atoms with van der Waals surface area (Å²) in [6.07, 6.45) is 0. The average molecular weight is 322 g/mol. The summed E-state index contributed by atoms with van der Waals surface area (Å²) >= 11 is 0. The molecule has 0 aromatic heterocycles. The minimum Gasteiger partial charge on any atom is -0.109 e. The lowest BCUT2D eigenvalue weighted by atomic mass is 9.80. The first-order valence-electron chi connectivity index (χ1n) is 7.31. The molecule has 0 aliphatic carbocycles. The van der Waals surface area contributed by atoms with E-state index in [1.54, 1.807) is 0 Å². The first kappa shape index (κ1) is 15.6. The van der Waals surface area contributed by atoms with Gasteiger partial charge in [-0.1, -0.05) is 96.5 Å². The smallest absolute Gasteiger partial charge is 0.109 e. The zero-order chi connectivity index (χ0) is 16.1. The van der Waals surface area contributed by atoms with E-state index < -0.39 is 13.8 Å². The molecule has 3 rings (SSSR count). The fourth-order valence-corrected chi connectivity index (χ4v) is 3.40. The highest BCUT2D eigenvalue weighted by Gasteiger charge is 2.44. The van der Waals surface area contributed by atoms with Crippen molar-refractivity contribution >= 4 is 8.18 Å². The first-order valence-corrected chi connectivity index (χ1v) is 8.56. The zero-order valence-corrected chi connectivity index (χ0v) is 13.4. The van der Waals surface area contributed by atoms with Crippen molar-refractivity contribution < 1.29 is 9.09 Å². The second kappa shape index (κ2) is 6.84. The van der Waals surface area contributed by atoms with Crippen LogP contribution < -0.4 is 5.50 Å². The van der Waals surface area contributed by atoms with E-state index in [4.69, 9.17) is 10.0 Å². The molecular formula is C19H17NO2P+. The summed E-state index contributed by atoms with van der Waals surface area (Å²) in [6, 6.07) is 29.2. The summed E-state index contributed by atoms with van der Waals surface area (Å²) in [5.41, 5.74) is 7.21. The van der Waals surface area contributed by atoms with Crippen LogP contribution in [0.15, 0.2) is 91.0 Å². The van der Waals surface area contributed by atoms with Gasteiger partial charge in [0.2, 0.25) is 5.60 Å². The molecule has 1 unspecified atom stereocenters. The lowest BCUT2D eigenvalue weighted by molar-refractivity contribution is 0.168. The highest BCUT2D eigenvalue weighted by atomic mass is 31.1. The third-order valence-corrected chi connectivity index (χ3v) is 4.22. The summed E-state index contributed by atoms with van der Waals surface area (Å²) < 4.78 is 17.8. The minimum atomic E-state index is -2.31. The number of rotatable bonds is 5. The fourth-order valence-electron chi connectivity index (χ4n) is 2.81. The fraction of sp³-hybridized carbons (Fsp3) is 0.0526. The van der Waals surface area contributed by atoms with Gasteiger partial charge >= 0.3 is 8.18 Å². The van der Waals surface area contributed by atoms with Gasteiger partial charge < -0.3 is 0 Å². The molecule has 0 radical (unpaired) electrons. The van der Waals surface area contributed by atoms with Gasteiger partial charge in [0.05, 0.1) is 0 Å². The van der Waals surface area contributed by atoms with E-state index in [1.165, 1.54) is 0 Å². The Morgan fingerprint density at radius 1 is 0.652 bits per heavy atom. The van der Waals surface area contributed by atoms with Crippen molar-refractivity contribution in [3.8, 4) is 0 Å². The predicted octanol–water partition coefficient (Wildman–Crippen LogP) is 4.61. The maximum atomic E-state index is 11.9. The van der Waals surface area contributed by atoms with Gasteiger partial charge in [0.1, 0.15) is 0 Å². The monoisotopic (exact) mass is 322 g/mol. The van der Waals surface area contributed by atoms with Crippen LogP contribution in [0, 0.1) is 0 Å². The molecule has 23 heavy (non-hydrogen) atoms. The quantitative estimate of drug-likeness (QED) is 0.551. The molecule has 0 saturated heterocycles. The van der Waals surface area contributed by atoms with E-state index in [-0.39, 0.29) is 0 Å². The first-order chi connectivity index (χ1) is 11.2. The summed E-state index contributed by atoms with van der Waals surface area (Å²) in [7, 11) is -2.31. The molecule has 2 N–H and O–H groups in total. The van der Waals surface area contributed by atoms with Gasteiger partial charge in [-0.2, -0.15) is 0 Å². The molecule has 0 saturated carbocycles. The standard InChI is InChI=1S/C19H17NO2P/c20-23(21)22-19(16-10-4-1-5-11-16,17-12-6-2-7-13-17)18-14-8-3-9-15-18/h1-15H,(H2,20,21)/q+1. The molecule has 0 aliphatic rings. The van der Waals surface area contributed by atoms with Crippen LogP contribution in [-0.2, 0) is 14.7 Å². The third kappa shape index (κ3) is 3.08. The highest BCUT2D eigenvalue weighted by molar-refractivity contribution is 7.36. The lowest BCUT2D eigenvalue weighted by Crippen LogP contribution is -2.31. The van der Waals surface area contributed by atoms with Crippen molar-refractivity contribution in [2.75, 3.05) is 0 Å². The summed E-state index contributed by atoms with van der Waals surface area (Å²) in [5.74, 6) is 0. The molecule has 3 aromatic carbocycles. The maximum Gasteiger partial charge on any atom is 0.611 e. The van der Waals surface area contributed by atoms with Crippen LogP contribution in [-0.4, -0.2) is 0 Å². The topological polar surface area (TPSA) is 52.3 Å². The maximum absolute atomic E-state index is 11.9. The van der Waals surface area contributed by atoms with E-state index in [9.17, 15) is 4.57 Å². The molecule has 0 amide bonds. The van der Waals surface area contributed by atoms with Gasteiger partial charge in [-0.25, -0.2) is 0 Å². The van der Waals surface area contributed by atoms with Crippen LogP contribution >= 0.6 is 8.18 Å². The van der Waals surface area contributed by atoms with E-state index >= 15 is 0 Å². The van der Waals surface area contributed by atoms with Gasteiger partial charge in [-0.05, 0) is 21.3 Å². The SMILES string of the molecule is N[P+](=O)OC(c1ccccc1)(c1ccccc1)c1ccccc1. The number of benzene rings is 3. The second-order valence-corrected chi connectivity index (χ2v) is 5.91. The Morgan fingerprint density at radius 2 is 0.957 bits per heavy atom. The van der Waals surface area contributed by atoms with E-state index in [1.807, 2.05) is 91.0 Å². The van der Waals surface area contributed by atoms with Crippen LogP contribution in [0.5, 0.6) is 0 Å². The van der Waals surface area contributed by atoms with Crippen LogP contribution in [0.2, 0.25) is 0 Å². The Morgan fingerprint density at radius 3 is 1.22 bits per heavy atom. The molecule has 0 aliphatic heterocycles. The van der Waals surface area contributed by atoms with Crippen molar-refractivity contribution in [1.29, 1.82) is 0 Å². The molecule has 0 bridgehead atoms. The molecule has 4 heteroatoms. The molecule has 3 aromatic rings. The van der Waals surface area contributed by atoms with E-state index in [2.05, 4.69) is 0 Å². The van der Waals surface area contributed by atoms with Crippen LogP contribution in [0.25, 0.3) is 0 Å². The molecule has 0 fully saturated rings. The average Bonchev–Trinajstić information content (AvgIpc) is 2.62. The van der Waals surface area contributed by atoms with Gasteiger partial charge in [0, 0.05) is 0 Å². The third-order valence-electron chi connectivity index (χ3n) is 3.77. The Balaban J connectivity index is 2.32. The van der Waals surface area contributed by atoms with E-state index in [0.29, 0.717) is 0 Å². The Hall–Kier alpha value is -2.32. The van der Waals surface area contributed by atoms with Crippen molar-refractivity contribution in [2.45, 2.75) is 5.60 Å². The number of hydrogen-bond acceptors (Lipinski definition) is 2. The number of nitrogens with two attached hydrogens (primary N) is 1. The summed E-state index contributed by atoms with van der Waals surface area (Å²) in [5, 5.41) is 0. The lowest BCUT2D eigenvalue weighted by Gasteiger charge is -2.29. The Bertz CT molecular complexity index is 680. The molecule has 3 nitrogen and oxygen atoms in total. The van der Waals surface area contributed by atoms with Gasteiger partial charge in [-0.3, -0.25) is 0 Å². The van der Waals surface area contributed by atoms with Gasteiger partial charge in [0.25, 0.3) is 0 Å². The molecule has 1 atom stereocenters. The minimum absolute atomic E-state index is 0.881. The predicted molar refractivity (Wildman–Crippen MR) is 92.1 cm³/mol. The van der Waals surface area contributed by atoms with E-state index in [0.717, 1.165) is 16.7 Å². The summed E-state index contributed by atoms with van der Waals surface area (Å²) in [4.78, 5) is 0. The molecule has 0 heterocycles. The second-order valence-electron chi connectivity index (χ2n) is 5.16. The van der Waals surface area contributed by atoms with Crippen molar-refractivity contribution in [1.82, 2.24) is 0 Å². The Labute approximate surface area is 136 Å². The highest BCUT2D eigenvalue weighted by Crippen LogP contribution is 2.44. The van der Waals surface area contributed by atoms with Crippen molar-refractivity contribution in [3.05, 3.63) is 108 Å². The van der Waals surface area contributed by atoms with Crippen LogP contribution in [0.1, 0.15) is 16.7 Å². The van der Waals surface area contributed by atoms with Crippen molar-refractivity contribution in [3.63, 3.8) is 0 Å². The van der Waals surface area contributed by atoms with Crippen molar-refractivity contribution in [2.24, 2.45) is 5.50 Å². The zero-order valence-electron chi connectivity index (χ0n) is 12.5. The van der Waals surface area contributed by atoms with Gasteiger partial charge in [-0.15, -0.1) is 4.52 Å². The molecule has 114 valence electrons. The molecular weight excluding hydrogens is 305 g/mol. The van der Waals surface area contributed by atoms with Crippen LogP contribution in [0.4, 0.5) is 0 Å². The molecule has 0 spiro atoms. The van der Waals surface area contributed by atoms with Crippen LogP contribution in [0.3, 0.4) is 0 Å². The van der Waals surface area contributed by atoms with Gasteiger partial charge in [0.15, 0.2) is 0 Å². The largest absolute Gasteiger partial charge is 0.611 e. The normalized spacial score (nSPS) is 12.0. The number of hydrogen-bond donors (Lipinski definition) is 1. The summed E-state index contributed by atoms with van der Waals surface area (Å²) in [6.45, 7) is 0. The Kier molecular flexibility index (Phi) is 4.63.